The Morgan fingerprint density at radius 1 is 0.800 bits per heavy atom. The maximum atomic E-state index is 10.6. The SMILES string of the molecule is CCCCCCCCCCCCCCC=CNC(C)=O. The summed E-state index contributed by atoms with van der Waals surface area (Å²) in [5.41, 5.74) is 0. The number of allylic oxidation sites excluding steroid dienone is 1. The van der Waals surface area contributed by atoms with Crippen LogP contribution in [0.1, 0.15) is 97.3 Å². The fourth-order valence-electron chi connectivity index (χ4n) is 2.36. The fourth-order valence-corrected chi connectivity index (χ4v) is 2.36. The number of carbonyl (C=O) groups excluding carboxylic acids is 1. The Bertz CT molecular complexity index is 236. The number of carbonyl (C=O) groups is 1. The molecule has 0 aromatic heterocycles. The molecule has 2 nitrogen and oxygen atoms in total. The molecule has 0 unspecified atom stereocenters. The van der Waals surface area contributed by atoms with Gasteiger partial charge in [0.15, 0.2) is 0 Å². The van der Waals surface area contributed by atoms with E-state index in [0.29, 0.717) is 0 Å². The third kappa shape index (κ3) is 17.2. The van der Waals surface area contributed by atoms with Crippen molar-refractivity contribution in [3.63, 3.8) is 0 Å². The zero-order valence-electron chi connectivity index (χ0n) is 13.8. The number of unbranched alkanes of at least 4 members (excludes halogenated alkanes) is 12. The summed E-state index contributed by atoms with van der Waals surface area (Å²) in [5, 5.41) is 2.67. The molecule has 0 rings (SSSR count). The topological polar surface area (TPSA) is 29.1 Å². The standard InChI is InChI=1S/C18H35NO/c1-3-4-5-6-7-8-9-10-11-12-13-14-15-16-17-19-18(2)20/h16-17H,3-15H2,1-2H3,(H,19,20). The van der Waals surface area contributed by atoms with Gasteiger partial charge in [0.25, 0.3) is 0 Å². The molecule has 0 saturated heterocycles. The molecular formula is C18H35NO. The second-order valence-electron chi connectivity index (χ2n) is 5.78. The third-order valence-electron chi connectivity index (χ3n) is 3.63. The molecule has 1 amide bonds. The van der Waals surface area contributed by atoms with E-state index in [1.807, 2.05) is 0 Å². The van der Waals surface area contributed by atoms with Crippen molar-refractivity contribution in [2.45, 2.75) is 97.3 Å². The van der Waals surface area contributed by atoms with Gasteiger partial charge in [0.2, 0.25) is 5.91 Å². The van der Waals surface area contributed by atoms with E-state index in [-0.39, 0.29) is 5.91 Å². The number of hydrogen-bond acceptors (Lipinski definition) is 1. The van der Waals surface area contributed by atoms with Crippen LogP contribution in [0.15, 0.2) is 12.3 Å². The quantitative estimate of drug-likeness (QED) is 0.405. The first-order valence-corrected chi connectivity index (χ1v) is 8.69. The molecule has 0 bridgehead atoms. The van der Waals surface area contributed by atoms with Gasteiger partial charge in [0.1, 0.15) is 0 Å². The average Bonchev–Trinajstić information content (AvgIpc) is 2.43. The van der Waals surface area contributed by atoms with Gasteiger partial charge in [0, 0.05) is 6.92 Å². The molecular weight excluding hydrogens is 246 g/mol. The van der Waals surface area contributed by atoms with Gasteiger partial charge in [-0.2, -0.15) is 0 Å². The highest BCUT2D eigenvalue weighted by Crippen LogP contribution is 2.12. The van der Waals surface area contributed by atoms with Crippen molar-refractivity contribution in [3.05, 3.63) is 12.3 Å². The van der Waals surface area contributed by atoms with Gasteiger partial charge in [0.05, 0.1) is 0 Å². The minimum atomic E-state index is 0.0101. The number of rotatable bonds is 14. The molecule has 20 heavy (non-hydrogen) atoms. The van der Waals surface area contributed by atoms with Crippen LogP contribution >= 0.6 is 0 Å². The predicted octanol–water partition coefficient (Wildman–Crippen LogP) is 5.73. The normalized spacial score (nSPS) is 11.1. The Labute approximate surface area is 126 Å². The van der Waals surface area contributed by atoms with Crippen LogP contribution in [0.25, 0.3) is 0 Å². The Kier molecular flexibility index (Phi) is 15.6. The van der Waals surface area contributed by atoms with Gasteiger partial charge in [-0.15, -0.1) is 0 Å². The van der Waals surface area contributed by atoms with Gasteiger partial charge in [-0.1, -0.05) is 83.6 Å². The minimum Gasteiger partial charge on any atom is -0.333 e. The predicted molar refractivity (Wildman–Crippen MR) is 88.7 cm³/mol. The molecule has 0 fully saturated rings. The highest BCUT2D eigenvalue weighted by atomic mass is 16.1. The monoisotopic (exact) mass is 281 g/mol. The zero-order chi connectivity index (χ0) is 14.9. The van der Waals surface area contributed by atoms with Gasteiger partial charge < -0.3 is 5.32 Å². The van der Waals surface area contributed by atoms with Crippen molar-refractivity contribution >= 4 is 5.91 Å². The Morgan fingerprint density at radius 3 is 1.70 bits per heavy atom. The Morgan fingerprint density at radius 2 is 1.25 bits per heavy atom. The van der Waals surface area contributed by atoms with E-state index in [1.54, 1.807) is 6.20 Å². The number of nitrogens with one attached hydrogen (secondary N) is 1. The smallest absolute Gasteiger partial charge is 0.220 e. The van der Waals surface area contributed by atoms with Crippen molar-refractivity contribution in [3.8, 4) is 0 Å². The molecule has 0 atom stereocenters. The van der Waals surface area contributed by atoms with Crippen LogP contribution in [-0.2, 0) is 4.79 Å². The van der Waals surface area contributed by atoms with E-state index in [0.717, 1.165) is 6.42 Å². The Hall–Kier alpha value is -0.790. The van der Waals surface area contributed by atoms with E-state index in [4.69, 9.17) is 0 Å². The molecule has 0 aliphatic carbocycles. The maximum absolute atomic E-state index is 10.6. The van der Waals surface area contributed by atoms with Crippen molar-refractivity contribution in [2.75, 3.05) is 0 Å². The summed E-state index contributed by atoms with van der Waals surface area (Å²) in [6.07, 6.45) is 21.6. The minimum absolute atomic E-state index is 0.0101. The summed E-state index contributed by atoms with van der Waals surface area (Å²) in [4.78, 5) is 10.6. The largest absolute Gasteiger partial charge is 0.333 e. The lowest BCUT2D eigenvalue weighted by Crippen LogP contribution is -2.11. The molecule has 0 radical (unpaired) electrons. The van der Waals surface area contributed by atoms with Crippen LogP contribution in [0, 0.1) is 0 Å². The summed E-state index contributed by atoms with van der Waals surface area (Å²) in [6.45, 7) is 3.81. The first-order valence-electron chi connectivity index (χ1n) is 8.69. The molecule has 0 heterocycles. The average molecular weight is 281 g/mol. The van der Waals surface area contributed by atoms with Crippen molar-refractivity contribution in [1.82, 2.24) is 5.32 Å². The Balaban J connectivity index is 3.02. The maximum Gasteiger partial charge on any atom is 0.220 e. The van der Waals surface area contributed by atoms with Crippen LogP contribution in [0.2, 0.25) is 0 Å². The summed E-state index contributed by atoms with van der Waals surface area (Å²) in [5.74, 6) is 0.0101. The van der Waals surface area contributed by atoms with Gasteiger partial charge in [-0.25, -0.2) is 0 Å². The molecule has 0 aromatic carbocycles. The molecule has 118 valence electrons. The highest BCUT2D eigenvalue weighted by Gasteiger charge is 1.93. The van der Waals surface area contributed by atoms with Crippen molar-refractivity contribution in [2.24, 2.45) is 0 Å². The zero-order valence-corrected chi connectivity index (χ0v) is 13.8. The first-order chi connectivity index (χ1) is 9.77. The second-order valence-corrected chi connectivity index (χ2v) is 5.78. The molecule has 0 aromatic rings. The summed E-state index contributed by atoms with van der Waals surface area (Å²) < 4.78 is 0. The van der Waals surface area contributed by atoms with E-state index in [9.17, 15) is 4.79 Å². The van der Waals surface area contributed by atoms with E-state index >= 15 is 0 Å². The summed E-state index contributed by atoms with van der Waals surface area (Å²) >= 11 is 0. The molecule has 2 heteroatoms. The van der Waals surface area contributed by atoms with E-state index < -0.39 is 0 Å². The fraction of sp³-hybridized carbons (Fsp3) is 0.833. The van der Waals surface area contributed by atoms with Crippen molar-refractivity contribution < 1.29 is 4.79 Å². The molecule has 0 spiro atoms. The second kappa shape index (κ2) is 16.3. The van der Waals surface area contributed by atoms with Gasteiger partial charge in [-0.05, 0) is 19.0 Å². The first kappa shape index (κ1) is 19.2. The number of amides is 1. The summed E-state index contributed by atoms with van der Waals surface area (Å²) in [7, 11) is 0. The lowest BCUT2D eigenvalue weighted by molar-refractivity contribution is -0.118. The lowest BCUT2D eigenvalue weighted by atomic mass is 10.0. The lowest BCUT2D eigenvalue weighted by Gasteiger charge is -2.02. The third-order valence-corrected chi connectivity index (χ3v) is 3.63. The molecule has 1 N–H and O–H groups in total. The van der Waals surface area contributed by atoms with Crippen LogP contribution in [0.4, 0.5) is 0 Å². The van der Waals surface area contributed by atoms with Gasteiger partial charge >= 0.3 is 0 Å². The molecule has 0 aliphatic heterocycles. The summed E-state index contributed by atoms with van der Waals surface area (Å²) in [6, 6.07) is 0. The van der Waals surface area contributed by atoms with Crippen molar-refractivity contribution in [1.29, 1.82) is 0 Å². The highest BCUT2D eigenvalue weighted by molar-refractivity contribution is 5.73. The number of hydrogen-bond donors (Lipinski definition) is 1. The van der Waals surface area contributed by atoms with Crippen LogP contribution < -0.4 is 5.32 Å². The van der Waals surface area contributed by atoms with Crippen LogP contribution in [-0.4, -0.2) is 5.91 Å². The van der Waals surface area contributed by atoms with E-state index in [2.05, 4.69) is 18.3 Å². The molecule has 0 saturated carbocycles. The van der Waals surface area contributed by atoms with E-state index in [1.165, 1.54) is 84.0 Å². The van der Waals surface area contributed by atoms with Crippen LogP contribution in [0.5, 0.6) is 0 Å². The molecule has 0 aliphatic rings. The van der Waals surface area contributed by atoms with Crippen LogP contribution in [0.3, 0.4) is 0 Å². The van der Waals surface area contributed by atoms with Gasteiger partial charge in [-0.3, -0.25) is 4.79 Å².